The third-order valence-corrected chi connectivity index (χ3v) is 7.70. The van der Waals surface area contributed by atoms with E-state index >= 15 is 0 Å². The molecular weight excluding hydrogens is 528 g/mol. The van der Waals surface area contributed by atoms with Gasteiger partial charge in [0, 0.05) is 49.1 Å². The number of nitrogens with one attached hydrogen (secondary N) is 1. The van der Waals surface area contributed by atoms with E-state index in [-0.39, 0.29) is 36.7 Å². The summed E-state index contributed by atoms with van der Waals surface area (Å²) in [5, 5.41) is 2.79. The minimum Gasteiger partial charge on any atom is -0.346 e. The molecule has 0 bridgehead atoms. The van der Waals surface area contributed by atoms with E-state index < -0.39 is 35.4 Å². The maximum Gasteiger partial charge on any atom is 0.224 e. The van der Waals surface area contributed by atoms with Crippen LogP contribution >= 0.6 is 0 Å². The van der Waals surface area contributed by atoms with Gasteiger partial charge in [0.25, 0.3) is 0 Å². The molecule has 1 heterocycles. The van der Waals surface area contributed by atoms with E-state index in [9.17, 15) is 24.0 Å². The van der Waals surface area contributed by atoms with E-state index in [4.69, 9.17) is 0 Å². The Bertz CT molecular complexity index is 1380. The number of pyridine rings is 1. The molecular formula is C35H40N2O5. The molecule has 7 nitrogen and oxygen atoms in total. The second-order valence-electron chi connectivity index (χ2n) is 11.2. The van der Waals surface area contributed by atoms with E-state index in [2.05, 4.69) is 10.3 Å². The highest BCUT2D eigenvalue weighted by molar-refractivity contribution is 6.38. The lowest BCUT2D eigenvalue weighted by molar-refractivity contribution is -0.141. The SMILES string of the molecule is Cc1ccccc1C[C@H](CC(=O)c1ccncc1)C(=O)N[C@@H](C)C(=O)C[C@H](C(=O)C(=O)CCc1ccccc1)C(C)C. The van der Waals surface area contributed by atoms with Crippen molar-refractivity contribution in [3.8, 4) is 0 Å². The number of hydrogen-bond donors (Lipinski definition) is 1. The Morgan fingerprint density at radius 1 is 0.810 bits per heavy atom. The molecule has 2 aromatic carbocycles. The number of benzene rings is 2. The van der Waals surface area contributed by atoms with Crippen molar-refractivity contribution in [2.45, 2.75) is 65.8 Å². The predicted molar refractivity (Wildman–Crippen MR) is 162 cm³/mol. The van der Waals surface area contributed by atoms with Crippen LogP contribution in [0.2, 0.25) is 0 Å². The first-order valence-corrected chi connectivity index (χ1v) is 14.5. The number of rotatable bonds is 16. The number of aryl methyl sites for hydroxylation is 2. The molecule has 3 atom stereocenters. The van der Waals surface area contributed by atoms with Gasteiger partial charge in [0.05, 0.1) is 6.04 Å². The molecule has 0 unspecified atom stereocenters. The second kappa shape index (κ2) is 15.7. The van der Waals surface area contributed by atoms with Gasteiger partial charge < -0.3 is 5.32 Å². The first-order valence-electron chi connectivity index (χ1n) is 14.5. The number of hydrogen-bond acceptors (Lipinski definition) is 6. The highest BCUT2D eigenvalue weighted by atomic mass is 16.2. The van der Waals surface area contributed by atoms with Crippen molar-refractivity contribution in [2.24, 2.45) is 17.8 Å². The van der Waals surface area contributed by atoms with Crippen molar-refractivity contribution in [1.82, 2.24) is 10.3 Å². The monoisotopic (exact) mass is 568 g/mol. The number of carbonyl (C=O) groups is 5. The van der Waals surface area contributed by atoms with Gasteiger partial charge in [-0.1, -0.05) is 68.4 Å². The lowest BCUT2D eigenvalue weighted by Gasteiger charge is -2.23. The van der Waals surface area contributed by atoms with Crippen LogP contribution in [0.15, 0.2) is 79.1 Å². The van der Waals surface area contributed by atoms with Crippen molar-refractivity contribution >= 4 is 29.0 Å². The van der Waals surface area contributed by atoms with Crippen molar-refractivity contribution in [2.75, 3.05) is 0 Å². The molecule has 0 saturated carbocycles. The van der Waals surface area contributed by atoms with Gasteiger partial charge in [0.1, 0.15) is 0 Å². The molecule has 1 N–H and O–H groups in total. The normalized spacial score (nSPS) is 13.2. The standard InChI is InChI=1S/C35H40N2O5/c1-23(2)30(34(41)31(38)15-14-26-11-6-5-7-12-26)22-32(39)25(4)37-35(42)29(20-28-13-9-8-10-24(28)3)21-33(40)27-16-18-36-19-17-27/h5-13,16-19,23,25,29-30H,14-15,20-22H2,1-4H3,(H,37,42)/t25-,29+,30-/m0/s1. The first kappa shape index (κ1) is 32.3. The van der Waals surface area contributed by atoms with Crippen molar-refractivity contribution in [3.63, 3.8) is 0 Å². The summed E-state index contributed by atoms with van der Waals surface area (Å²) in [6.45, 7) is 7.15. The van der Waals surface area contributed by atoms with E-state index in [0.717, 1.165) is 16.7 Å². The van der Waals surface area contributed by atoms with E-state index in [1.54, 1.807) is 19.1 Å². The van der Waals surface area contributed by atoms with Crippen LogP contribution in [0.25, 0.3) is 0 Å². The molecule has 0 radical (unpaired) electrons. The van der Waals surface area contributed by atoms with Gasteiger partial charge in [-0.3, -0.25) is 29.0 Å². The van der Waals surface area contributed by atoms with Crippen LogP contribution in [0.5, 0.6) is 0 Å². The van der Waals surface area contributed by atoms with Crippen LogP contribution in [-0.2, 0) is 32.0 Å². The zero-order valence-corrected chi connectivity index (χ0v) is 24.8. The van der Waals surface area contributed by atoms with Gasteiger partial charge in [0.15, 0.2) is 17.3 Å². The Balaban J connectivity index is 1.66. The molecule has 0 spiro atoms. The van der Waals surface area contributed by atoms with Gasteiger partial charge in [0.2, 0.25) is 11.7 Å². The third-order valence-electron chi connectivity index (χ3n) is 7.70. The van der Waals surface area contributed by atoms with Crippen LogP contribution in [0.1, 0.15) is 67.1 Å². The Morgan fingerprint density at radius 3 is 2.10 bits per heavy atom. The van der Waals surface area contributed by atoms with Gasteiger partial charge in [-0.15, -0.1) is 0 Å². The lowest BCUT2D eigenvalue weighted by Crippen LogP contribution is -2.44. The van der Waals surface area contributed by atoms with Crippen LogP contribution in [0.3, 0.4) is 0 Å². The van der Waals surface area contributed by atoms with E-state index in [1.807, 2.05) is 75.4 Å². The molecule has 1 amide bonds. The Morgan fingerprint density at radius 2 is 1.45 bits per heavy atom. The highest BCUT2D eigenvalue weighted by Crippen LogP contribution is 2.22. The van der Waals surface area contributed by atoms with Crippen LogP contribution in [-0.4, -0.2) is 40.1 Å². The first-order chi connectivity index (χ1) is 20.1. The summed E-state index contributed by atoms with van der Waals surface area (Å²) < 4.78 is 0. The summed E-state index contributed by atoms with van der Waals surface area (Å²) in [7, 11) is 0. The van der Waals surface area contributed by atoms with Gasteiger partial charge in [-0.2, -0.15) is 0 Å². The smallest absolute Gasteiger partial charge is 0.224 e. The number of amides is 1. The molecule has 0 aliphatic rings. The zero-order valence-electron chi connectivity index (χ0n) is 24.8. The molecule has 0 aliphatic carbocycles. The molecule has 3 rings (SSSR count). The minimum atomic E-state index is -0.888. The molecule has 7 heteroatoms. The fourth-order valence-electron chi connectivity index (χ4n) is 4.91. The van der Waals surface area contributed by atoms with E-state index in [1.165, 1.54) is 12.4 Å². The molecule has 3 aromatic rings. The summed E-state index contributed by atoms with van der Waals surface area (Å²) in [6.07, 6.45) is 3.75. The molecule has 0 saturated heterocycles. The molecule has 0 aliphatic heterocycles. The topological polar surface area (TPSA) is 110 Å². The van der Waals surface area contributed by atoms with Crippen LogP contribution < -0.4 is 5.32 Å². The van der Waals surface area contributed by atoms with Crippen molar-refractivity contribution in [1.29, 1.82) is 0 Å². The fraction of sp³-hybridized carbons (Fsp3) is 0.371. The lowest BCUT2D eigenvalue weighted by atomic mass is 9.83. The van der Waals surface area contributed by atoms with Crippen LogP contribution in [0, 0.1) is 24.7 Å². The van der Waals surface area contributed by atoms with Gasteiger partial charge in [-0.05, 0) is 61.4 Å². The Labute approximate surface area is 248 Å². The zero-order chi connectivity index (χ0) is 30.6. The molecule has 42 heavy (non-hydrogen) atoms. The number of Topliss-reactive ketones (excluding diaryl/α,β-unsaturated/α-hetero) is 4. The predicted octanol–water partition coefficient (Wildman–Crippen LogP) is 5.33. The number of nitrogens with zero attached hydrogens (tertiary/aromatic N) is 1. The second-order valence-corrected chi connectivity index (χ2v) is 11.2. The average molecular weight is 569 g/mol. The highest BCUT2D eigenvalue weighted by Gasteiger charge is 2.32. The van der Waals surface area contributed by atoms with Crippen LogP contribution in [0.4, 0.5) is 0 Å². The largest absolute Gasteiger partial charge is 0.346 e. The maximum atomic E-state index is 13.5. The third kappa shape index (κ3) is 9.40. The summed E-state index contributed by atoms with van der Waals surface area (Å²) in [5.41, 5.74) is 3.38. The van der Waals surface area contributed by atoms with Crippen molar-refractivity contribution < 1.29 is 24.0 Å². The fourth-order valence-corrected chi connectivity index (χ4v) is 4.91. The minimum absolute atomic E-state index is 0.0336. The number of ketones is 4. The number of aromatic nitrogens is 1. The van der Waals surface area contributed by atoms with Gasteiger partial charge in [-0.25, -0.2) is 0 Å². The molecule has 1 aromatic heterocycles. The number of carbonyl (C=O) groups excluding carboxylic acids is 5. The van der Waals surface area contributed by atoms with Gasteiger partial charge >= 0.3 is 0 Å². The van der Waals surface area contributed by atoms with E-state index in [0.29, 0.717) is 18.4 Å². The van der Waals surface area contributed by atoms with Crippen molar-refractivity contribution in [3.05, 3.63) is 101 Å². The summed E-state index contributed by atoms with van der Waals surface area (Å²) in [4.78, 5) is 69.5. The summed E-state index contributed by atoms with van der Waals surface area (Å²) >= 11 is 0. The average Bonchev–Trinajstić information content (AvgIpc) is 2.99. The maximum absolute atomic E-state index is 13.5. The molecule has 220 valence electrons. The summed E-state index contributed by atoms with van der Waals surface area (Å²) in [5.74, 6) is -3.67. The summed E-state index contributed by atoms with van der Waals surface area (Å²) in [6, 6.07) is 19.5. The quantitative estimate of drug-likeness (QED) is 0.185. The Hall–Kier alpha value is -4.26. The Kier molecular flexibility index (Phi) is 12.0. The molecule has 0 fully saturated rings.